The van der Waals surface area contributed by atoms with Gasteiger partial charge in [-0.15, -0.1) is 0 Å². The fourth-order valence-electron chi connectivity index (χ4n) is 3.47. The third-order valence-corrected chi connectivity index (χ3v) is 4.87. The van der Waals surface area contributed by atoms with Crippen molar-refractivity contribution in [3.63, 3.8) is 0 Å². The van der Waals surface area contributed by atoms with Crippen LogP contribution in [0.4, 0.5) is 0 Å². The summed E-state index contributed by atoms with van der Waals surface area (Å²) in [5, 5.41) is 1.07. The Labute approximate surface area is 176 Å². The van der Waals surface area contributed by atoms with Crippen molar-refractivity contribution in [2.24, 2.45) is 0 Å². The first-order valence-electron chi connectivity index (χ1n) is 10.1. The first-order chi connectivity index (χ1) is 14.6. The van der Waals surface area contributed by atoms with E-state index in [1.807, 2.05) is 62.4 Å². The molecule has 3 aromatic carbocycles. The molecule has 4 aromatic rings. The van der Waals surface area contributed by atoms with Crippen LogP contribution in [0.25, 0.3) is 10.9 Å². The van der Waals surface area contributed by atoms with Gasteiger partial charge in [0.2, 0.25) is 0 Å². The molecule has 4 nitrogen and oxygen atoms in total. The van der Waals surface area contributed by atoms with Crippen LogP contribution in [-0.4, -0.2) is 16.6 Å². The normalized spacial score (nSPS) is 11.0. The van der Waals surface area contributed by atoms with Gasteiger partial charge in [0.15, 0.2) is 0 Å². The molecule has 0 atom stereocenters. The van der Waals surface area contributed by atoms with Crippen molar-refractivity contribution in [1.82, 2.24) is 4.57 Å². The van der Waals surface area contributed by atoms with E-state index in [1.165, 1.54) is 0 Å². The minimum Gasteiger partial charge on any atom is -0.488 e. The van der Waals surface area contributed by atoms with Crippen molar-refractivity contribution in [2.45, 2.75) is 33.1 Å². The standard InChI is InChI=1S/C26H25NO3/c1-19(2)30-26(28)22-11-6-10-21(16-22)17-27-15-14-23-24(27)12-7-13-25(23)29-18-20-8-4-3-5-9-20/h3-16,19H,17-18H2,1-2H3. The summed E-state index contributed by atoms with van der Waals surface area (Å²) in [5.74, 6) is 0.574. The number of hydrogen-bond donors (Lipinski definition) is 0. The molecule has 0 radical (unpaired) electrons. The van der Waals surface area contributed by atoms with E-state index in [1.54, 1.807) is 6.07 Å². The van der Waals surface area contributed by atoms with Crippen molar-refractivity contribution in [2.75, 3.05) is 0 Å². The Morgan fingerprint density at radius 3 is 2.47 bits per heavy atom. The Bertz CT molecular complexity index is 1150. The first kappa shape index (κ1) is 19.8. The zero-order chi connectivity index (χ0) is 20.9. The van der Waals surface area contributed by atoms with E-state index in [0.717, 1.165) is 27.8 Å². The van der Waals surface area contributed by atoms with Gasteiger partial charge in [-0.2, -0.15) is 0 Å². The number of benzene rings is 3. The third kappa shape index (κ3) is 4.54. The monoisotopic (exact) mass is 399 g/mol. The molecule has 1 aromatic heterocycles. The minimum absolute atomic E-state index is 0.135. The highest BCUT2D eigenvalue weighted by atomic mass is 16.5. The van der Waals surface area contributed by atoms with Crippen LogP contribution in [-0.2, 0) is 17.9 Å². The number of nitrogens with zero attached hydrogens (tertiary/aromatic N) is 1. The number of esters is 1. The van der Waals surface area contributed by atoms with Crippen LogP contribution >= 0.6 is 0 Å². The molecule has 0 fully saturated rings. The maximum Gasteiger partial charge on any atom is 0.338 e. The van der Waals surface area contributed by atoms with Gasteiger partial charge in [0.1, 0.15) is 12.4 Å². The van der Waals surface area contributed by atoms with E-state index in [0.29, 0.717) is 18.7 Å². The van der Waals surface area contributed by atoms with Gasteiger partial charge in [0, 0.05) is 18.1 Å². The number of hydrogen-bond acceptors (Lipinski definition) is 3. The van der Waals surface area contributed by atoms with Crippen LogP contribution < -0.4 is 4.74 Å². The van der Waals surface area contributed by atoms with Crippen LogP contribution in [0.1, 0.15) is 35.3 Å². The molecule has 0 spiro atoms. The number of ether oxygens (including phenoxy) is 2. The summed E-state index contributed by atoms with van der Waals surface area (Å²) in [6.07, 6.45) is 1.92. The molecule has 0 aliphatic carbocycles. The van der Waals surface area contributed by atoms with Crippen LogP contribution in [0.5, 0.6) is 5.75 Å². The Balaban J connectivity index is 1.54. The van der Waals surface area contributed by atoms with Gasteiger partial charge in [-0.05, 0) is 55.3 Å². The highest BCUT2D eigenvalue weighted by Crippen LogP contribution is 2.28. The van der Waals surface area contributed by atoms with Gasteiger partial charge in [-0.25, -0.2) is 4.79 Å². The summed E-state index contributed by atoms with van der Waals surface area (Å²) in [5.41, 5.74) is 3.85. The lowest BCUT2D eigenvalue weighted by Crippen LogP contribution is -2.12. The van der Waals surface area contributed by atoms with E-state index < -0.39 is 0 Å². The quantitative estimate of drug-likeness (QED) is 0.367. The highest BCUT2D eigenvalue weighted by Gasteiger charge is 2.11. The van der Waals surface area contributed by atoms with E-state index in [9.17, 15) is 4.79 Å². The molecule has 0 bridgehead atoms. The third-order valence-electron chi connectivity index (χ3n) is 4.87. The maximum atomic E-state index is 12.2. The van der Waals surface area contributed by atoms with E-state index >= 15 is 0 Å². The predicted molar refractivity (Wildman–Crippen MR) is 119 cm³/mol. The van der Waals surface area contributed by atoms with Crippen molar-refractivity contribution < 1.29 is 14.3 Å². The van der Waals surface area contributed by atoms with Gasteiger partial charge >= 0.3 is 5.97 Å². The van der Waals surface area contributed by atoms with Crippen LogP contribution in [0.3, 0.4) is 0 Å². The van der Waals surface area contributed by atoms with Crippen molar-refractivity contribution in [3.8, 4) is 5.75 Å². The molecule has 0 aliphatic heterocycles. The summed E-state index contributed by atoms with van der Waals surface area (Å²) in [7, 11) is 0. The predicted octanol–water partition coefficient (Wildman–Crippen LogP) is 5.83. The zero-order valence-electron chi connectivity index (χ0n) is 17.2. The molecule has 152 valence electrons. The van der Waals surface area contributed by atoms with Crippen molar-refractivity contribution in [1.29, 1.82) is 0 Å². The fraction of sp³-hybridized carbons (Fsp3) is 0.192. The summed E-state index contributed by atoms with van der Waals surface area (Å²) >= 11 is 0. The summed E-state index contributed by atoms with van der Waals surface area (Å²) in [4.78, 5) is 12.2. The molecule has 4 rings (SSSR count). The Morgan fingerprint density at radius 1 is 0.900 bits per heavy atom. The van der Waals surface area contributed by atoms with Gasteiger partial charge in [-0.3, -0.25) is 0 Å². The number of carbonyl (C=O) groups is 1. The average Bonchev–Trinajstić information content (AvgIpc) is 3.16. The number of rotatable bonds is 7. The van der Waals surface area contributed by atoms with Crippen LogP contribution in [0.15, 0.2) is 85.1 Å². The van der Waals surface area contributed by atoms with E-state index in [-0.39, 0.29) is 12.1 Å². The lowest BCUT2D eigenvalue weighted by atomic mass is 10.1. The van der Waals surface area contributed by atoms with Crippen molar-refractivity contribution >= 4 is 16.9 Å². The fourth-order valence-corrected chi connectivity index (χ4v) is 3.47. The van der Waals surface area contributed by atoms with Crippen molar-refractivity contribution in [3.05, 3.63) is 102 Å². The molecule has 0 aliphatic rings. The molecule has 30 heavy (non-hydrogen) atoms. The SMILES string of the molecule is CC(C)OC(=O)c1cccc(Cn2ccc3c(OCc4ccccc4)cccc32)c1. The van der Waals surface area contributed by atoms with E-state index in [2.05, 4.69) is 35.0 Å². The molecule has 0 saturated heterocycles. The topological polar surface area (TPSA) is 40.5 Å². The molecule has 1 heterocycles. The number of carbonyl (C=O) groups excluding carboxylic acids is 1. The lowest BCUT2D eigenvalue weighted by Gasteiger charge is -2.11. The van der Waals surface area contributed by atoms with Gasteiger partial charge in [-0.1, -0.05) is 48.5 Å². The second kappa shape index (κ2) is 8.87. The summed E-state index contributed by atoms with van der Waals surface area (Å²) in [6, 6.07) is 25.9. The molecule has 0 unspecified atom stereocenters. The number of fused-ring (bicyclic) bond motifs is 1. The summed E-state index contributed by atoms with van der Waals surface area (Å²) in [6.45, 7) is 4.90. The molecule has 0 N–H and O–H groups in total. The average molecular weight is 399 g/mol. The Morgan fingerprint density at radius 2 is 1.67 bits per heavy atom. The molecular formula is C26H25NO3. The smallest absolute Gasteiger partial charge is 0.338 e. The lowest BCUT2D eigenvalue weighted by molar-refractivity contribution is 0.0378. The van der Waals surface area contributed by atoms with Gasteiger partial charge in [0.05, 0.1) is 17.2 Å². The van der Waals surface area contributed by atoms with Crippen LogP contribution in [0.2, 0.25) is 0 Å². The van der Waals surface area contributed by atoms with Gasteiger partial charge < -0.3 is 14.0 Å². The second-order valence-corrected chi connectivity index (χ2v) is 7.56. The minimum atomic E-state index is -0.291. The highest BCUT2D eigenvalue weighted by molar-refractivity contribution is 5.90. The first-order valence-corrected chi connectivity index (χ1v) is 10.1. The molecular weight excluding hydrogens is 374 g/mol. The largest absolute Gasteiger partial charge is 0.488 e. The van der Waals surface area contributed by atoms with Crippen LogP contribution in [0, 0.1) is 0 Å². The van der Waals surface area contributed by atoms with Gasteiger partial charge in [0.25, 0.3) is 0 Å². The Kier molecular flexibility index (Phi) is 5.84. The molecule has 4 heteroatoms. The number of aromatic nitrogens is 1. The van der Waals surface area contributed by atoms with E-state index in [4.69, 9.17) is 9.47 Å². The summed E-state index contributed by atoms with van der Waals surface area (Å²) < 4.78 is 13.6. The maximum absolute atomic E-state index is 12.2. The second-order valence-electron chi connectivity index (χ2n) is 7.56. The molecule has 0 amide bonds. The Hall–Kier alpha value is -3.53. The zero-order valence-corrected chi connectivity index (χ0v) is 17.2. The molecule has 0 saturated carbocycles.